The van der Waals surface area contributed by atoms with Crippen LogP contribution in [0.3, 0.4) is 0 Å². The van der Waals surface area contributed by atoms with Crippen molar-refractivity contribution in [2.75, 3.05) is 0 Å². The van der Waals surface area contributed by atoms with Crippen LogP contribution < -0.4 is 4.74 Å². The lowest BCUT2D eigenvalue weighted by atomic mass is 9.81. The summed E-state index contributed by atoms with van der Waals surface area (Å²) < 4.78 is 39.8. The van der Waals surface area contributed by atoms with Crippen LogP contribution in [-0.4, -0.2) is 6.36 Å². The van der Waals surface area contributed by atoms with E-state index < -0.39 is 11.8 Å². The van der Waals surface area contributed by atoms with Gasteiger partial charge in [-0.2, -0.15) is 10.5 Å². The maximum atomic E-state index is 12.0. The summed E-state index contributed by atoms with van der Waals surface area (Å²) in [4.78, 5) is 0. The molecule has 0 aromatic heterocycles. The van der Waals surface area contributed by atoms with Crippen LogP contribution in [0.2, 0.25) is 0 Å². The van der Waals surface area contributed by atoms with E-state index in [0.29, 0.717) is 5.56 Å². The zero-order valence-electron chi connectivity index (χ0n) is 10.4. The second kappa shape index (κ2) is 6.12. The van der Waals surface area contributed by atoms with Crippen molar-refractivity contribution in [3.05, 3.63) is 42.5 Å². The number of ether oxygens (including phenoxy) is 1. The number of hydrogen-bond acceptors (Lipinski definition) is 3. The first-order valence-electron chi connectivity index (χ1n) is 5.62. The third kappa shape index (κ3) is 4.33. The van der Waals surface area contributed by atoms with Crippen LogP contribution in [0.15, 0.2) is 36.9 Å². The van der Waals surface area contributed by atoms with Crippen LogP contribution in [0.1, 0.15) is 12.0 Å². The van der Waals surface area contributed by atoms with Crippen molar-refractivity contribution < 1.29 is 17.9 Å². The van der Waals surface area contributed by atoms with Gasteiger partial charge in [0, 0.05) is 6.42 Å². The quantitative estimate of drug-likeness (QED) is 0.772. The lowest BCUT2D eigenvalue weighted by Crippen LogP contribution is -2.19. The summed E-state index contributed by atoms with van der Waals surface area (Å²) in [6, 6.07) is 8.94. The third-order valence-corrected chi connectivity index (χ3v) is 2.58. The first-order chi connectivity index (χ1) is 9.34. The highest BCUT2D eigenvalue weighted by Gasteiger charge is 2.31. The van der Waals surface area contributed by atoms with Gasteiger partial charge in [0.25, 0.3) is 0 Å². The van der Waals surface area contributed by atoms with Crippen molar-refractivity contribution in [1.82, 2.24) is 0 Å². The van der Waals surface area contributed by atoms with Crippen LogP contribution in [-0.2, 0) is 6.42 Å². The van der Waals surface area contributed by atoms with Crippen LogP contribution in [0.25, 0.3) is 0 Å². The smallest absolute Gasteiger partial charge is 0.406 e. The van der Waals surface area contributed by atoms with E-state index in [-0.39, 0.29) is 18.6 Å². The monoisotopic (exact) mass is 280 g/mol. The number of allylic oxidation sites excluding steroid dienone is 1. The van der Waals surface area contributed by atoms with Gasteiger partial charge in [-0.15, -0.1) is 19.8 Å². The fourth-order valence-corrected chi connectivity index (χ4v) is 1.67. The van der Waals surface area contributed by atoms with Gasteiger partial charge in [0.2, 0.25) is 0 Å². The average molecular weight is 280 g/mol. The van der Waals surface area contributed by atoms with E-state index >= 15 is 0 Å². The second-order valence-electron chi connectivity index (χ2n) is 4.17. The van der Waals surface area contributed by atoms with E-state index in [9.17, 15) is 13.2 Å². The molecule has 0 heterocycles. The van der Waals surface area contributed by atoms with Crippen LogP contribution in [0.5, 0.6) is 5.75 Å². The maximum absolute atomic E-state index is 12.0. The van der Waals surface area contributed by atoms with Gasteiger partial charge in [0.1, 0.15) is 5.75 Å². The number of nitrogens with zero attached hydrogens (tertiary/aromatic N) is 2. The Morgan fingerprint density at radius 3 is 2.10 bits per heavy atom. The molecule has 0 bridgehead atoms. The van der Waals surface area contributed by atoms with Gasteiger partial charge in [0.15, 0.2) is 5.41 Å². The highest BCUT2D eigenvalue weighted by Crippen LogP contribution is 2.28. The molecule has 0 saturated heterocycles. The van der Waals surface area contributed by atoms with Gasteiger partial charge in [-0.25, -0.2) is 0 Å². The minimum absolute atomic E-state index is 0.109. The predicted octanol–water partition coefficient (Wildman–Crippen LogP) is 3.74. The number of rotatable bonds is 5. The molecular weight excluding hydrogens is 269 g/mol. The minimum Gasteiger partial charge on any atom is -0.406 e. The van der Waals surface area contributed by atoms with E-state index in [1.807, 2.05) is 12.1 Å². The summed E-state index contributed by atoms with van der Waals surface area (Å²) in [5, 5.41) is 18.2. The van der Waals surface area contributed by atoms with E-state index in [2.05, 4.69) is 11.3 Å². The number of benzene rings is 1. The van der Waals surface area contributed by atoms with Crippen molar-refractivity contribution in [3.63, 3.8) is 0 Å². The molecule has 0 spiro atoms. The van der Waals surface area contributed by atoms with Crippen molar-refractivity contribution >= 4 is 0 Å². The standard InChI is InChI=1S/C14H11F3N2O/c1-2-7-13(9-18,10-19)8-11-3-5-12(6-4-11)20-14(15,16)17/h2-6H,1,7-8H2. The van der Waals surface area contributed by atoms with Gasteiger partial charge in [-0.1, -0.05) is 18.2 Å². The minimum atomic E-state index is -4.74. The summed E-state index contributed by atoms with van der Waals surface area (Å²) in [5.74, 6) is -0.343. The Kier molecular flexibility index (Phi) is 4.77. The van der Waals surface area contributed by atoms with Crippen LogP contribution in [0, 0.1) is 28.1 Å². The van der Waals surface area contributed by atoms with E-state index in [1.54, 1.807) is 0 Å². The maximum Gasteiger partial charge on any atom is 0.573 e. The number of halogens is 3. The van der Waals surface area contributed by atoms with Crippen LogP contribution >= 0.6 is 0 Å². The molecule has 104 valence electrons. The molecule has 0 aliphatic rings. The van der Waals surface area contributed by atoms with Crippen molar-refractivity contribution in [1.29, 1.82) is 10.5 Å². The van der Waals surface area contributed by atoms with Gasteiger partial charge < -0.3 is 4.74 Å². The first-order valence-corrected chi connectivity index (χ1v) is 5.62. The molecule has 0 fully saturated rings. The topological polar surface area (TPSA) is 56.8 Å². The average Bonchev–Trinajstić information content (AvgIpc) is 2.39. The van der Waals surface area contributed by atoms with Crippen molar-refractivity contribution in [2.24, 2.45) is 5.41 Å². The Bertz CT molecular complexity index is 536. The van der Waals surface area contributed by atoms with Crippen molar-refractivity contribution in [3.8, 4) is 17.9 Å². The zero-order valence-corrected chi connectivity index (χ0v) is 10.4. The molecule has 0 amide bonds. The molecule has 1 aromatic carbocycles. The van der Waals surface area contributed by atoms with Crippen molar-refractivity contribution in [2.45, 2.75) is 19.2 Å². The highest BCUT2D eigenvalue weighted by atomic mass is 19.4. The molecule has 1 aromatic rings. The lowest BCUT2D eigenvalue weighted by Gasteiger charge is -2.16. The van der Waals surface area contributed by atoms with Gasteiger partial charge in [-0.3, -0.25) is 0 Å². The summed E-state index contributed by atoms with van der Waals surface area (Å²) in [5.41, 5.74) is -0.682. The largest absolute Gasteiger partial charge is 0.573 e. The summed E-state index contributed by atoms with van der Waals surface area (Å²) in [6.07, 6.45) is -2.99. The predicted molar refractivity (Wildman–Crippen MR) is 65.3 cm³/mol. The van der Waals surface area contributed by atoms with Gasteiger partial charge in [0.05, 0.1) is 12.1 Å². The zero-order chi connectivity index (χ0) is 15.2. The SMILES string of the molecule is C=CCC(C#N)(C#N)Cc1ccc(OC(F)(F)F)cc1. The second-order valence-corrected chi connectivity index (χ2v) is 4.17. The van der Waals surface area contributed by atoms with Gasteiger partial charge in [-0.05, 0) is 24.1 Å². The number of nitriles is 2. The molecule has 0 radical (unpaired) electrons. The highest BCUT2D eigenvalue weighted by molar-refractivity contribution is 5.31. The van der Waals surface area contributed by atoms with Gasteiger partial charge >= 0.3 is 6.36 Å². The fourth-order valence-electron chi connectivity index (χ4n) is 1.67. The molecule has 0 saturated carbocycles. The Hall–Kier alpha value is -2.47. The molecule has 0 N–H and O–H groups in total. The molecule has 20 heavy (non-hydrogen) atoms. The Morgan fingerprint density at radius 2 is 1.70 bits per heavy atom. The van der Waals surface area contributed by atoms with E-state index in [1.165, 1.54) is 18.2 Å². The van der Waals surface area contributed by atoms with E-state index in [4.69, 9.17) is 10.5 Å². The lowest BCUT2D eigenvalue weighted by molar-refractivity contribution is -0.274. The molecule has 3 nitrogen and oxygen atoms in total. The molecule has 6 heteroatoms. The Labute approximate surface area is 114 Å². The number of alkyl halides is 3. The summed E-state index contributed by atoms with van der Waals surface area (Å²) >= 11 is 0. The summed E-state index contributed by atoms with van der Waals surface area (Å²) in [7, 11) is 0. The van der Waals surface area contributed by atoms with Crippen LogP contribution in [0.4, 0.5) is 13.2 Å². The van der Waals surface area contributed by atoms with E-state index in [0.717, 1.165) is 12.1 Å². The Morgan fingerprint density at radius 1 is 1.15 bits per heavy atom. The third-order valence-electron chi connectivity index (χ3n) is 2.58. The Balaban J connectivity index is 2.87. The molecule has 0 aliphatic carbocycles. The normalized spacial score (nSPS) is 11.2. The molecule has 0 aliphatic heterocycles. The number of hydrogen-bond donors (Lipinski definition) is 0. The molecule has 0 atom stereocenters. The fraction of sp³-hybridized carbons (Fsp3) is 0.286. The molecule has 1 rings (SSSR count). The first kappa shape index (κ1) is 15.6. The summed E-state index contributed by atoms with van der Waals surface area (Å²) in [6.45, 7) is 3.49. The molecule has 0 unspecified atom stereocenters. The molecular formula is C14H11F3N2O.